The van der Waals surface area contributed by atoms with Crippen LogP contribution < -0.4 is 11.1 Å². The van der Waals surface area contributed by atoms with Crippen LogP contribution in [-0.4, -0.2) is 10.9 Å². The van der Waals surface area contributed by atoms with E-state index in [1.807, 2.05) is 6.07 Å². The number of halogens is 2. The number of rotatable bonds is 4. The van der Waals surface area contributed by atoms with Crippen molar-refractivity contribution in [1.82, 2.24) is 4.98 Å². The summed E-state index contributed by atoms with van der Waals surface area (Å²) in [7, 11) is 0. The second-order valence-corrected chi connectivity index (χ2v) is 5.19. The van der Waals surface area contributed by atoms with E-state index in [0.717, 1.165) is 10.0 Å². The molecule has 3 N–H and O–H groups in total. The zero-order valence-electron chi connectivity index (χ0n) is 9.86. The summed E-state index contributed by atoms with van der Waals surface area (Å²) in [5, 5.41) is 3.72. The average Bonchev–Trinajstić information content (AvgIpc) is 2.38. The van der Waals surface area contributed by atoms with Gasteiger partial charge < -0.3 is 11.1 Å². The highest BCUT2D eigenvalue weighted by Crippen LogP contribution is 2.23. The summed E-state index contributed by atoms with van der Waals surface area (Å²) in [6.45, 7) is 0.536. The highest BCUT2D eigenvalue weighted by molar-refractivity contribution is 9.10. The van der Waals surface area contributed by atoms with Gasteiger partial charge in [0.05, 0.1) is 9.50 Å². The Morgan fingerprint density at radius 3 is 2.89 bits per heavy atom. The largest absolute Gasteiger partial charge is 0.366 e. The molecular weight excluding hydrogens is 330 g/mol. The first-order valence-electron chi connectivity index (χ1n) is 5.50. The average molecular weight is 341 g/mol. The molecule has 98 valence electrons. The molecule has 0 unspecified atom stereocenters. The van der Waals surface area contributed by atoms with E-state index >= 15 is 0 Å². The molecule has 0 fully saturated rings. The first-order chi connectivity index (χ1) is 9.06. The van der Waals surface area contributed by atoms with Gasteiger partial charge in [0.25, 0.3) is 0 Å². The molecule has 0 saturated heterocycles. The van der Waals surface area contributed by atoms with E-state index in [-0.39, 0.29) is 0 Å². The van der Waals surface area contributed by atoms with Gasteiger partial charge >= 0.3 is 0 Å². The maximum Gasteiger partial charge on any atom is 0.248 e. The van der Waals surface area contributed by atoms with Crippen LogP contribution in [0.25, 0.3) is 0 Å². The number of nitrogens with zero attached hydrogens (tertiary/aromatic N) is 1. The fourth-order valence-electron chi connectivity index (χ4n) is 1.56. The highest BCUT2D eigenvalue weighted by Gasteiger charge is 2.04. The molecule has 19 heavy (non-hydrogen) atoms. The second-order valence-electron chi connectivity index (χ2n) is 3.90. The van der Waals surface area contributed by atoms with E-state index < -0.39 is 5.91 Å². The summed E-state index contributed by atoms with van der Waals surface area (Å²) in [6, 6.07) is 8.89. The Bertz CT molecular complexity index is 619. The van der Waals surface area contributed by atoms with E-state index in [0.29, 0.717) is 22.9 Å². The third-order valence-electron chi connectivity index (χ3n) is 2.48. The number of nitrogens with two attached hydrogens (primary N) is 1. The van der Waals surface area contributed by atoms with Crippen LogP contribution >= 0.6 is 27.5 Å². The maximum absolute atomic E-state index is 11.1. The van der Waals surface area contributed by atoms with Gasteiger partial charge in [-0.05, 0) is 39.7 Å². The van der Waals surface area contributed by atoms with E-state index in [2.05, 4.69) is 26.2 Å². The summed E-state index contributed by atoms with van der Waals surface area (Å²) in [5.74, 6) is 0.251. The molecule has 0 saturated carbocycles. The van der Waals surface area contributed by atoms with Crippen LogP contribution in [-0.2, 0) is 6.54 Å². The molecular formula is C13H11BrClN3O. The van der Waals surface area contributed by atoms with Crippen LogP contribution in [0, 0.1) is 0 Å². The molecule has 1 aromatic carbocycles. The summed E-state index contributed by atoms with van der Waals surface area (Å²) >= 11 is 9.19. The molecule has 2 rings (SSSR count). The van der Waals surface area contributed by atoms with Crippen molar-refractivity contribution in [2.45, 2.75) is 6.54 Å². The fourth-order valence-corrected chi connectivity index (χ4v) is 2.34. The molecule has 0 atom stereocenters. The smallest absolute Gasteiger partial charge is 0.248 e. The van der Waals surface area contributed by atoms with E-state index in [9.17, 15) is 4.79 Å². The number of aromatic nitrogens is 1. The van der Waals surface area contributed by atoms with Gasteiger partial charge in [0, 0.05) is 18.3 Å². The number of carbonyl (C=O) groups is 1. The predicted octanol–water partition coefficient (Wildman–Crippen LogP) is 3.21. The fraction of sp³-hybridized carbons (Fsp3) is 0.0769. The van der Waals surface area contributed by atoms with Gasteiger partial charge in [0.2, 0.25) is 5.91 Å². The van der Waals surface area contributed by atoms with Crippen molar-refractivity contribution in [3.8, 4) is 0 Å². The van der Waals surface area contributed by atoms with Crippen molar-refractivity contribution in [3.63, 3.8) is 0 Å². The Labute approximate surface area is 124 Å². The molecule has 0 spiro atoms. The van der Waals surface area contributed by atoms with Gasteiger partial charge in [-0.3, -0.25) is 4.79 Å². The van der Waals surface area contributed by atoms with Gasteiger partial charge in [-0.25, -0.2) is 4.98 Å². The second kappa shape index (κ2) is 6.04. The maximum atomic E-state index is 11.1. The quantitative estimate of drug-likeness (QED) is 0.898. The van der Waals surface area contributed by atoms with Gasteiger partial charge in [-0.2, -0.15) is 0 Å². The van der Waals surface area contributed by atoms with Crippen molar-refractivity contribution >= 4 is 39.3 Å². The SMILES string of the molecule is NC(=O)c1cccc(CNc2ncc(Cl)cc2Br)c1. The van der Waals surface area contributed by atoms with Crippen LogP contribution in [0.1, 0.15) is 15.9 Å². The van der Waals surface area contributed by atoms with E-state index in [1.165, 1.54) is 0 Å². The monoisotopic (exact) mass is 339 g/mol. The van der Waals surface area contributed by atoms with Gasteiger partial charge in [0.1, 0.15) is 5.82 Å². The number of amides is 1. The predicted molar refractivity (Wildman–Crippen MR) is 79.2 cm³/mol. The topological polar surface area (TPSA) is 68.0 Å². The molecule has 0 radical (unpaired) electrons. The summed E-state index contributed by atoms with van der Waals surface area (Å²) in [6.07, 6.45) is 1.56. The lowest BCUT2D eigenvalue weighted by Crippen LogP contribution is -2.11. The first-order valence-corrected chi connectivity index (χ1v) is 6.67. The minimum absolute atomic E-state index is 0.437. The Hall–Kier alpha value is -1.59. The van der Waals surface area contributed by atoms with Gasteiger partial charge in [0.15, 0.2) is 0 Å². The van der Waals surface area contributed by atoms with Crippen molar-refractivity contribution in [2.24, 2.45) is 5.73 Å². The summed E-state index contributed by atoms with van der Waals surface area (Å²) in [4.78, 5) is 15.3. The number of hydrogen-bond acceptors (Lipinski definition) is 3. The molecule has 0 bridgehead atoms. The van der Waals surface area contributed by atoms with Crippen LogP contribution in [0.2, 0.25) is 5.02 Å². The molecule has 1 aromatic heterocycles. The first kappa shape index (κ1) is 13.8. The number of nitrogens with one attached hydrogen (secondary N) is 1. The van der Waals surface area contributed by atoms with E-state index in [1.54, 1.807) is 30.5 Å². The Morgan fingerprint density at radius 1 is 1.42 bits per heavy atom. The normalized spacial score (nSPS) is 10.2. The lowest BCUT2D eigenvalue weighted by Gasteiger charge is -2.08. The number of hydrogen-bond donors (Lipinski definition) is 2. The highest BCUT2D eigenvalue weighted by atomic mass is 79.9. The molecule has 0 aliphatic rings. The zero-order valence-corrected chi connectivity index (χ0v) is 12.2. The standard InChI is InChI=1S/C13H11BrClN3O/c14-11-5-10(15)7-18-13(11)17-6-8-2-1-3-9(4-8)12(16)19/h1-5,7H,6H2,(H2,16,19)(H,17,18). The minimum atomic E-state index is -0.437. The lowest BCUT2D eigenvalue weighted by atomic mass is 10.1. The number of pyridine rings is 1. The van der Waals surface area contributed by atoms with Crippen molar-refractivity contribution < 1.29 is 4.79 Å². The van der Waals surface area contributed by atoms with Crippen molar-refractivity contribution in [1.29, 1.82) is 0 Å². The number of anilines is 1. The number of benzene rings is 1. The molecule has 2 aromatic rings. The van der Waals surface area contributed by atoms with Crippen LogP contribution in [0.15, 0.2) is 41.0 Å². The summed E-state index contributed by atoms with van der Waals surface area (Å²) in [5.41, 5.74) is 6.67. The van der Waals surface area contributed by atoms with Crippen LogP contribution in [0.5, 0.6) is 0 Å². The third kappa shape index (κ3) is 3.68. The van der Waals surface area contributed by atoms with Crippen LogP contribution in [0.4, 0.5) is 5.82 Å². The van der Waals surface area contributed by atoms with E-state index in [4.69, 9.17) is 17.3 Å². The Kier molecular flexibility index (Phi) is 4.39. The van der Waals surface area contributed by atoms with Crippen molar-refractivity contribution in [2.75, 3.05) is 5.32 Å². The van der Waals surface area contributed by atoms with Gasteiger partial charge in [-0.1, -0.05) is 23.7 Å². The Balaban J connectivity index is 2.10. The number of primary amides is 1. The van der Waals surface area contributed by atoms with Gasteiger partial charge in [-0.15, -0.1) is 0 Å². The summed E-state index contributed by atoms with van der Waals surface area (Å²) < 4.78 is 0.783. The lowest BCUT2D eigenvalue weighted by molar-refractivity contribution is 0.1000. The zero-order chi connectivity index (χ0) is 13.8. The Morgan fingerprint density at radius 2 is 2.21 bits per heavy atom. The molecule has 6 heteroatoms. The van der Waals surface area contributed by atoms with Crippen LogP contribution in [0.3, 0.4) is 0 Å². The number of carbonyl (C=O) groups excluding carboxylic acids is 1. The third-order valence-corrected chi connectivity index (χ3v) is 3.29. The molecule has 4 nitrogen and oxygen atoms in total. The molecule has 0 aliphatic carbocycles. The van der Waals surface area contributed by atoms with Crippen molar-refractivity contribution in [3.05, 3.63) is 57.2 Å². The molecule has 0 aliphatic heterocycles. The minimum Gasteiger partial charge on any atom is -0.366 e. The molecule has 1 amide bonds. The molecule has 1 heterocycles.